The van der Waals surface area contributed by atoms with E-state index in [4.69, 9.17) is 9.47 Å². The van der Waals surface area contributed by atoms with E-state index in [1.165, 1.54) is 11.9 Å². The van der Waals surface area contributed by atoms with E-state index in [1.807, 2.05) is 45.0 Å². The van der Waals surface area contributed by atoms with Crippen molar-refractivity contribution in [2.45, 2.75) is 65.7 Å². The van der Waals surface area contributed by atoms with Crippen LogP contribution in [0.3, 0.4) is 0 Å². The van der Waals surface area contributed by atoms with Gasteiger partial charge in [0.25, 0.3) is 0 Å². The van der Waals surface area contributed by atoms with Crippen molar-refractivity contribution in [2.75, 3.05) is 5.32 Å². The minimum atomic E-state index is -0.524. The number of esters is 1. The monoisotopic (exact) mass is 460 g/mol. The van der Waals surface area contributed by atoms with Crippen LogP contribution in [0.5, 0.6) is 5.75 Å². The predicted molar refractivity (Wildman–Crippen MR) is 132 cm³/mol. The van der Waals surface area contributed by atoms with Crippen molar-refractivity contribution in [1.82, 2.24) is 14.8 Å². The Labute approximate surface area is 200 Å². The number of carbonyl (C=O) groups is 1. The minimum Gasteiger partial charge on any atom is -0.489 e. The molecule has 178 valence electrons. The molecule has 0 saturated carbocycles. The summed E-state index contributed by atoms with van der Waals surface area (Å²) in [5, 5.41) is 7.56. The van der Waals surface area contributed by atoms with Gasteiger partial charge in [-0.25, -0.2) is 9.48 Å². The third-order valence-electron chi connectivity index (χ3n) is 5.78. The lowest BCUT2D eigenvalue weighted by Crippen LogP contribution is -2.30. The van der Waals surface area contributed by atoms with Crippen LogP contribution in [0.2, 0.25) is 0 Å². The van der Waals surface area contributed by atoms with Gasteiger partial charge < -0.3 is 14.8 Å². The van der Waals surface area contributed by atoms with Crippen LogP contribution < -0.4 is 10.1 Å². The zero-order chi connectivity index (χ0) is 24.5. The first-order valence-electron chi connectivity index (χ1n) is 11.5. The van der Waals surface area contributed by atoms with E-state index in [2.05, 4.69) is 60.4 Å². The standard InChI is InChI=1S/C27H32N4O3/c1-17(2)34-25(32)23-18(3)30-26-28-16-29-31(26)24(23)21-9-7-8-10-22(21)33-15-19-11-13-20(14-12-19)27(4,5)6/h7-14,16-17,24H,15H2,1-6H3,(H,28,29,30). The molecule has 0 amide bonds. The molecule has 34 heavy (non-hydrogen) atoms. The van der Waals surface area contributed by atoms with Crippen LogP contribution in [-0.4, -0.2) is 26.8 Å². The largest absolute Gasteiger partial charge is 0.489 e. The number of rotatable bonds is 6. The van der Waals surface area contributed by atoms with Gasteiger partial charge in [-0.05, 0) is 43.4 Å². The smallest absolute Gasteiger partial charge is 0.338 e. The summed E-state index contributed by atoms with van der Waals surface area (Å²) in [6, 6.07) is 15.7. The molecular formula is C27H32N4O3. The lowest BCUT2D eigenvalue weighted by molar-refractivity contribution is -0.143. The molecule has 1 aliphatic heterocycles. The summed E-state index contributed by atoms with van der Waals surface area (Å²) in [6.45, 7) is 12.5. The number of anilines is 1. The number of para-hydroxylation sites is 1. The van der Waals surface area contributed by atoms with Gasteiger partial charge in [0.1, 0.15) is 24.7 Å². The number of carbonyl (C=O) groups excluding carboxylic acids is 1. The molecule has 2 heterocycles. The number of hydrogen-bond donors (Lipinski definition) is 1. The normalized spacial score (nSPS) is 15.7. The van der Waals surface area contributed by atoms with Crippen LogP contribution in [0.4, 0.5) is 5.95 Å². The number of aromatic nitrogens is 3. The molecule has 4 rings (SSSR count). The van der Waals surface area contributed by atoms with Crippen molar-refractivity contribution >= 4 is 11.9 Å². The van der Waals surface area contributed by atoms with Crippen molar-refractivity contribution in [3.05, 3.63) is 82.8 Å². The Hall–Kier alpha value is -3.61. The van der Waals surface area contributed by atoms with E-state index in [9.17, 15) is 4.79 Å². The molecule has 7 nitrogen and oxygen atoms in total. The number of nitrogens with one attached hydrogen (secondary N) is 1. The summed E-state index contributed by atoms with van der Waals surface area (Å²) >= 11 is 0. The molecule has 1 aliphatic rings. The molecule has 0 fully saturated rings. The van der Waals surface area contributed by atoms with Crippen LogP contribution in [0.1, 0.15) is 64.3 Å². The zero-order valence-electron chi connectivity index (χ0n) is 20.6. The number of nitrogens with zero attached hydrogens (tertiary/aromatic N) is 3. The molecule has 7 heteroatoms. The zero-order valence-corrected chi connectivity index (χ0v) is 20.6. The quantitative estimate of drug-likeness (QED) is 0.497. The summed E-state index contributed by atoms with van der Waals surface area (Å²) in [4.78, 5) is 17.4. The van der Waals surface area contributed by atoms with Crippen molar-refractivity contribution in [3.8, 4) is 5.75 Å². The number of benzene rings is 2. The van der Waals surface area contributed by atoms with Crippen LogP contribution in [0.25, 0.3) is 0 Å². The summed E-state index contributed by atoms with van der Waals surface area (Å²) in [7, 11) is 0. The highest BCUT2D eigenvalue weighted by molar-refractivity contribution is 5.92. The van der Waals surface area contributed by atoms with Gasteiger partial charge in [0, 0.05) is 11.3 Å². The first-order chi connectivity index (χ1) is 16.1. The van der Waals surface area contributed by atoms with Crippen LogP contribution in [0.15, 0.2) is 66.1 Å². The molecule has 1 aromatic heterocycles. The average Bonchev–Trinajstić information content (AvgIpc) is 3.24. The molecule has 2 aromatic carbocycles. The van der Waals surface area contributed by atoms with Gasteiger partial charge in [0.2, 0.25) is 5.95 Å². The second kappa shape index (κ2) is 9.33. The molecule has 3 aromatic rings. The molecule has 1 N–H and O–H groups in total. The van der Waals surface area contributed by atoms with Gasteiger partial charge in [0.15, 0.2) is 0 Å². The number of allylic oxidation sites excluding steroid dienone is 1. The Morgan fingerprint density at radius 3 is 2.50 bits per heavy atom. The van der Waals surface area contributed by atoms with Crippen molar-refractivity contribution < 1.29 is 14.3 Å². The van der Waals surface area contributed by atoms with Crippen LogP contribution >= 0.6 is 0 Å². The molecule has 0 spiro atoms. The summed E-state index contributed by atoms with van der Waals surface area (Å²) in [5.74, 6) is 0.855. The first kappa shape index (κ1) is 23.5. The Bertz CT molecular complexity index is 1200. The van der Waals surface area contributed by atoms with Crippen molar-refractivity contribution in [2.24, 2.45) is 0 Å². The highest BCUT2D eigenvalue weighted by Gasteiger charge is 2.36. The summed E-state index contributed by atoms with van der Waals surface area (Å²) in [6.07, 6.45) is 1.23. The molecule has 0 radical (unpaired) electrons. The maximum Gasteiger partial charge on any atom is 0.338 e. The van der Waals surface area contributed by atoms with Gasteiger partial charge in [-0.1, -0.05) is 63.2 Å². The SMILES string of the molecule is CC1=C(C(=O)OC(C)C)C(c2ccccc2OCc2ccc(C(C)(C)C)cc2)n2ncnc2N1. The van der Waals surface area contributed by atoms with E-state index >= 15 is 0 Å². The molecule has 1 atom stereocenters. The second-order valence-electron chi connectivity index (χ2n) is 9.82. The Kier molecular flexibility index (Phi) is 6.46. The second-order valence-corrected chi connectivity index (χ2v) is 9.82. The van der Waals surface area contributed by atoms with Gasteiger partial charge in [0.05, 0.1) is 11.7 Å². The van der Waals surface area contributed by atoms with E-state index in [0.717, 1.165) is 11.1 Å². The molecular weight excluding hydrogens is 428 g/mol. The molecule has 0 aliphatic carbocycles. The van der Waals surface area contributed by atoms with Gasteiger partial charge in [-0.3, -0.25) is 0 Å². The molecule has 0 bridgehead atoms. The Balaban J connectivity index is 1.67. The molecule has 0 saturated heterocycles. The first-order valence-corrected chi connectivity index (χ1v) is 11.5. The van der Waals surface area contributed by atoms with E-state index in [1.54, 1.807) is 4.68 Å². The Morgan fingerprint density at radius 1 is 1.12 bits per heavy atom. The lowest BCUT2D eigenvalue weighted by atomic mass is 9.87. The summed E-state index contributed by atoms with van der Waals surface area (Å²) < 4.78 is 13.6. The predicted octanol–water partition coefficient (Wildman–Crippen LogP) is 5.40. The highest BCUT2D eigenvalue weighted by Crippen LogP contribution is 2.39. The van der Waals surface area contributed by atoms with Gasteiger partial charge in [-0.2, -0.15) is 10.1 Å². The number of fused-ring (bicyclic) bond motifs is 1. The fraction of sp³-hybridized carbons (Fsp3) is 0.370. The molecule has 1 unspecified atom stereocenters. The lowest BCUT2D eigenvalue weighted by Gasteiger charge is -2.29. The van der Waals surface area contributed by atoms with Gasteiger partial charge >= 0.3 is 5.97 Å². The van der Waals surface area contributed by atoms with Crippen molar-refractivity contribution in [3.63, 3.8) is 0 Å². The third-order valence-corrected chi connectivity index (χ3v) is 5.78. The third kappa shape index (κ3) is 4.83. The van der Waals surface area contributed by atoms with E-state index in [0.29, 0.717) is 29.6 Å². The highest BCUT2D eigenvalue weighted by atomic mass is 16.5. The number of ether oxygens (including phenoxy) is 2. The van der Waals surface area contributed by atoms with Crippen molar-refractivity contribution in [1.29, 1.82) is 0 Å². The Morgan fingerprint density at radius 2 is 1.82 bits per heavy atom. The van der Waals surface area contributed by atoms with E-state index < -0.39 is 12.0 Å². The maximum absolute atomic E-state index is 13.1. The van der Waals surface area contributed by atoms with Crippen LogP contribution in [0, 0.1) is 0 Å². The summed E-state index contributed by atoms with van der Waals surface area (Å²) in [5.41, 5.74) is 4.43. The van der Waals surface area contributed by atoms with Gasteiger partial charge in [-0.15, -0.1) is 0 Å². The van der Waals surface area contributed by atoms with E-state index in [-0.39, 0.29) is 11.5 Å². The average molecular weight is 461 g/mol. The van der Waals surface area contributed by atoms with Crippen LogP contribution in [-0.2, 0) is 21.6 Å². The minimum absolute atomic E-state index is 0.0989. The fourth-order valence-corrected chi connectivity index (χ4v) is 4.02. The number of hydrogen-bond acceptors (Lipinski definition) is 6. The maximum atomic E-state index is 13.1. The fourth-order valence-electron chi connectivity index (χ4n) is 4.02. The topological polar surface area (TPSA) is 78.3 Å².